The molecule has 0 saturated carbocycles. The first-order valence-electron chi connectivity index (χ1n) is 18.4. The van der Waals surface area contributed by atoms with Crippen molar-refractivity contribution in [3.05, 3.63) is 181 Å². The van der Waals surface area contributed by atoms with Gasteiger partial charge in [-0.25, -0.2) is 0 Å². The lowest BCUT2D eigenvalue weighted by molar-refractivity contribution is 0.673. The molecule has 0 fully saturated rings. The van der Waals surface area contributed by atoms with Gasteiger partial charge in [0.25, 0.3) is 0 Å². The Bertz CT molecular complexity index is 3210. The molecule has 8 aromatic carbocycles. The van der Waals surface area contributed by atoms with Gasteiger partial charge in [-0.3, -0.25) is 0 Å². The van der Waals surface area contributed by atoms with Crippen LogP contribution in [0.3, 0.4) is 0 Å². The van der Waals surface area contributed by atoms with Crippen molar-refractivity contribution in [1.29, 1.82) is 0 Å². The zero-order valence-corrected chi connectivity index (χ0v) is 29.3. The summed E-state index contributed by atoms with van der Waals surface area (Å²) in [5.41, 5.74) is 14.9. The Labute approximate surface area is 306 Å². The van der Waals surface area contributed by atoms with E-state index < -0.39 is 0 Å². The van der Waals surface area contributed by atoms with E-state index in [9.17, 15) is 0 Å². The van der Waals surface area contributed by atoms with Crippen molar-refractivity contribution in [3.8, 4) is 33.6 Å². The zero-order valence-electron chi connectivity index (χ0n) is 29.3. The minimum absolute atomic E-state index is 0.888. The van der Waals surface area contributed by atoms with Crippen molar-refractivity contribution < 1.29 is 4.42 Å². The lowest BCUT2D eigenvalue weighted by Gasteiger charge is -2.12. The first-order chi connectivity index (χ1) is 26.2. The van der Waals surface area contributed by atoms with Gasteiger partial charge in [0.15, 0.2) is 0 Å². The predicted octanol–water partition coefficient (Wildman–Crippen LogP) is 13.7. The number of hydrogen-bond donors (Lipinski definition) is 0. The Hall–Kier alpha value is -6.84. The monoisotopic (exact) mass is 678 g/mol. The Morgan fingerprint density at radius 1 is 0.415 bits per heavy atom. The molecule has 0 atom stereocenters. The average Bonchev–Trinajstić information content (AvgIpc) is 3.87. The molecule has 250 valence electrons. The van der Waals surface area contributed by atoms with Gasteiger partial charge in [0.1, 0.15) is 11.2 Å². The fourth-order valence-electron chi connectivity index (χ4n) is 8.68. The summed E-state index contributed by atoms with van der Waals surface area (Å²) >= 11 is 0. The Morgan fingerprint density at radius 3 is 1.87 bits per heavy atom. The van der Waals surface area contributed by atoms with Gasteiger partial charge in [-0.15, -0.1) is 0 Å². The van der Waals surface area contributed by atoms with Gasteiger partial charge >= 0.3 is 0 Å². The van der Waals surface area contributed by atoms with Crippen molar-refractivity contribution in [2.45, 2.75) is 13.3 Å². The molecule has 0 aliphatic rings. The fourth-order valence-corrected chi connectivity index (χ4v) is 8.68. The molecule has 3 heteroatoms. The lowest BCUT2D eigenvalue weighted by atomic mass is 9.98. The van der Waals surface area contributed by atoms with Crippen LogP contribution in [0, 0.1) is 0 Å². The van der Waals surface area contributed by atoms with E-state index >= 15 is 0 Å². The molecule has 11 rings (SSSR count). The number of aromatic nitrogens is 2. The molecule has 0 bridgehead atoms. The molecular weight excluding hydrogens is 645 g/mol. The molecule has 0 aliphatic heterocycles. The van der Waals surface area contributed by atoms with E-state index in [0.717, 1.165) is 61.7 Å². The molecule has 0 unspecified atom stereocenters. The molecule has 3 heterocycles. The molecule has 3 nitrogen and oxygen atoms in total. The topological polar surface area (TPSA) is 23.0 Å². The van der Waals surface area contributed by atoms with Crippen molar-refractivity contribution >= 4 is 65.6 Å². The molecule has 0 spiro atoms. The molecule has 53 heavy (non-hydrogen) atoms. The summed E-state index contributed by atoms with van der Waals surface area (Å²) in [4.78, 5) is 0. The van der Waals surface area contributed by atoms with Gasteiger partial charge in [0.2, 0.25) is 0 Å². The smallest absolute Gasteiger partial charge is 0.145 e. The SMILES string of the molecule is CCc1ccccc1-c1cccc(-n2c3ccccc3c3cc4c(cc32)oc2c4ccc3c2c2ccccc2n3-c2cccc(-c3ccccc3)c2)c1. The standard InChI is InChI=1S/C50H34N2O/c1-2-32-14-6-7-21-38(32)35-18-13-20-37(29-35)52-44-24-10-8-22-39(44)42-30-43-40-26-27-46-49(50(40)53-48(43)31-47(42)52)41-23-9-11-25-45(41)51(46)36-19-12-17-34(28-36)33-15-4-3-5-16-33/h3-31H,2H2,1H3. The predicted molar refractivity (Wildman–Crippen MR) is 223 cm³/mol. The van der Waals surface area contributed by atoms with E-state index in [1.807, 2.05) is 0 Å². The van der Waals surface area contributed by atoms with Crippen LogP contribution in [0.1, 0.15) is 12.5 Å². The van der Waals surface area contributed by atoms with Crippen LogP contribution in [0.4, 0.5) is 0 Å². The van der Waals surface area contributed by atoms with Crippen LogP contribution in [0.5, 0.6) is 0 Å². The van der Waals surface area contributed by atoms with Gasteiger partial charge in [-0.1, -0.05) is 122 Å². The second-order valence-electron chi connectivity index (χ2n) is 14.0. The second kappa shape index (κ2) is 11.6. The third kappa shape index (κ3) is 4.47. The highest BCUT2D eigenvalue weighted by Gasteiger charge is 2.21. The number of benzene rings is 8. The molecule has 0 aliphatic carbocycles. The summed E-state index contributed by atoms with van der Waals surface area (Å²) in [6.07, 6.45) is 0.992. The van der Waals surface area contributed by atoms with Gasteiger partial charge < -0.3 is 13.6 Å². The van der Waals surface area contributed by atoms with Gasteiger partial charge in [0.05, 0.1) is 27.5 Å². The first kappa shape index (κ1) is 29.8. The van der Waals surface area contributed by atoms with Gasteiger partial charge in [0, 0.05) is 44.4 Å². The maximum absolute atomic E-state index is 7.01. The van der Waals surface area contributed by atoms with E-state index in [1.54, 1.807) is 0 Å². The average molecular weight is 679 g/mol. The van der Waals surface area contributed by atoms with Gasteiger partial charge in [-0.05, 0) is 88.8 Å². The first-order valence-corrected chi connectivity index (χ1v) is 18.4. The van der Waals surface area contributed by atoms with Crippen LogP contribution in [0.25, 0.3) is 99.2 Å². The number of rotatable bonds is 5. The lowest BCUT2D eigenvalue weighted by Crippen LogP contribution is -1.95. The minimum atomic E-state index is 0.888. The van der Waals surface area contributed by atoms with Crippen molar-refractivity contribution in [2.75, 3.05) is 0 Å². The Balaban J connectivity index is 1.16. The third-order valence-electron chi connectivity index (χ3n) is 11.1. The molecular formula is C50H34N2O. The van der Waals surface area contributed by atoms with E-state index in [-0.39, 0.29) is 0 Å². The summed E-state index contributed by atoms with van der Waals surface area (Å²) in [6.45, 7) is 2.23. The fraction of sp³-hybridized carbons (Fsp3) is 0.0400. The number of fused-ring (bicyclic) bond motifs is 10. The zero-order chi connectivity index (χ0) is 35.0. The number of hydrogen-bond acceptors (Lipinski definition) is 1. The van der Waals surface area contributed by atoms with Crippen LogP contribution in [-0.2, 0) is 6.42 Å². The van der Waals surface area contributed by atoms with Crippen LogP contribution in [0.15, 0.2) is 180 Å². The van der Waals surface area contributed by atoms with Crippen molar-refractivity contribution in [3.63, 3.8) is 0 Å². The molecule has 0 N–H and O–H groups in total. The van der Waals surface area contributed by atoms with Crippen LogP contribution in [0.2, 0.25) is 0 Å². The van der Waals surface area contributed by atoms with Crippen molar-refractivity contribution in [2.24, 2.45) is 0 Å². The van der Waals surface area contributed by atoms with Crippen LogP contribution in [-0.4, -0.2) is 9.13 Å². The van der Waals surface area contributed by atoms with Crippen LogP contribution >= 0.6 is 0 Å². The van der Waals surface area contributed by atoms with E-state index in [1.165, 1.54) is 49.5 Å². The van der Waals surface area contributed by atoms with Crippen LogP contribution < -0.4 is 0 Å². The highest BCUT2D eigenvalue weighted by atomic mass is 16.3. The number of para-hydroxylation sites is 2. The molecule has 0 amide bonds. The number of furan rings is 1. The third-order valence-corrected chi connectivity index (χ3v) is 11.1. The summed E-state index contributed by atoms with van der Waals surface area (Å²) < 4.78 is 11.8. The summed E-state index contributed by atoms with van der Waals surface area (Å²) in [5, 5.41) is 7.03. The molecule has 0 saturated heterocycles. The second-order valence-corrected chi connectivity index (χ2v) is 14.0. The number of nitrogens with zero attached hydrogens (tertiary/aromatic N) is 2. The maximum atomic E-state index is 7.01. The highest BCUT2D eigenvalue weighted by molar-refractivity contribution is 6.25. The van der Waals surface area contributed by atoms with E-state index in [2.05, 4.69) is 192 Å². The minimum Gasteiger partial charge on any atom is -0.455 e. The quantitative estimate of drug-likeness (QED) is 0.178. The normalized spacial score (nSPS) is 11.9. The maximum Gasteiger partial charge on any atom is 0.145 e. The number of aryl methyl sites for hydroxylation is 1. The Kier molecular flexibility index (Phi) is 6.53. The van der Waals surface area contributed by atoms with E-state index in [4.69, 9.17) is 4.42 Å². The van der Waals surface area contributed by atoms with E-state index in [0.29, 0.717) is 0 Å². The van der Waals surface area contributed by atoms with Gasteiger partial charge in [-0.2, -0.15) is 0 Å². The summed E-state index contributed by atoms with van der Waals surface area (Å²) in [5.74, 6) is 0. The van der Waals surface area contributed by atoms with Crippen molar-refractivity contribution in [1.82, 2.24) is 9.13 Å². The summed E-state index contributed by atoms with van der Waals surface area (Å²) in [7, 11) is 0. The Morgan fingerprint density at radius 2 is 1.06 bits per heavy atom. The highest BCUT2D eigenvalue weighted by Crippen LogP contribution is 2.43. The molecule has 3 aromatic heterocycles. The summed E-state index contributed by atoms with van der Waals surface area (Å²) in [6, 6.07) is 63.7. The molecule has 0 radical (unpaired) electrons. The largest absolute Gasteiger partial charge is 0.455 e. The molecule has 11 aromatic rings.